The Balaban J connectivity index is 1.12. The number of thiophene rings is 1. The van der Waals surface area contributed by atoms with Crippen molar-refractivity contribution in [3.05, 3.63) is 171 Å². The molecule has 0 N–H and O–H groups in total. The molecule has 6 aromatic carbocycles. The zero-order valence-electron chi connectivity index (χ0n) is 52.6. The maximum absolute atomic E-state index is 2.82. The van der Waals surface area contributed by atoms with Crippen LogP contribution in [0.5, 0.6) is 0 Å². The predicted octanol–water partition coefficient (Wildman–Crippen LogP) is 19.5. The summed E-state index contributed by atoms with van der Waals surface area (Å²) >= 11 is 2.10. The van der Waals surface area contributed by atoms with Gasteiger partial charge in [-0.05, 0) is 223 Å². The third-order valence-electron chi connectivity index (χ3n) is 23.5. The monoisotopic (exact) mass is 1100 g/mol. The van der Waals surface area contributed by atoms with Gasteiger partial charge < -0.3 is 14.7 Å². The van der Waals surface area contributed by atoms with Gasteiger partial charge in [0, 0.05) is 60.6 Å². The topological polar surface area (TPSA) is 9.72 Å². The number of hydrogen-bond donors (Lipinski definition) is 0. The van der Waals surface area contributed by atoms with E-state index in [2.05, 4.69) is 265 Å². The van der Waals surface area contributed by atoms with Gasteiger partial charge in [0.1, 0.15) is 0 Å². The molecule has 0 saturated carbocycles. The molecule has 420 valence electrons. The molecule has 5 heteroatoms. The lowest BCUT2D eigenvalue weighted by Crippen LogP contribution is -2.61. The van der Waals surface area contributed by atoms with Crippen LogP contribution < -0.4 is 30.4 Å². The van der Waals surface area contributed by atoms with Crippen LogP contribution in [0.25, 0.3) is 10.1 Å². The maximum Gasteiger partial charge on any atom is 0.264 e. The summed E-state index contributed by atoms with van der Waals surface area (Å²) in [5.41, 5.74) is 26.9. The van der Waals surface area contributed by atoms with Gasteiger partial charge in [-0.25, -0.2) is 0 Å². The van der Waals surface area contributed by atoms with E-state index in [0.29, 0.717) is 0 Å². The number of hydrogen-bond acceptors (Lipinski definition) is 4. The van der Waals surface area contributed by atoms with Crippen LogP contribution in [0, 0.1) is 0 Å². The second-order valence-corrected chi connectivity index (χ2v) is 33.6. The molecule has 0 spiro atoms. The smallest absolute Gasteiger partial charge is 0.264 e. The highest BCUT2D eigenvalue weighted by molar-refractivity contribution is 7.33. The van der Waals surface area contributed by atoms with E-state index >= 15 is 0 Å². The summed E-state index contributed by atoms with van der Waals surface area (Å²) in [5.74, 6) is 0.211. The van der Waals surface area contributed by atoms with E-state index in [9.17, 15) is 0 Å². The molecular formula is C77H88BN3S. The normalized spacial score (nSPS) is 25.0. The van der Waals surface area contributed by atoms with E-state index in [1.165, 1.54) is 173 Å². The van der Waals surface area contributed by atoms with Crippen LogP contribution in [0.15, 0.2) is 121 Å². The lowest BCUT2D eigenvalue weighted by Gasteiger charge is -2.48. The van der Waals surface area contributed by atoms with E-state index < -0.39 is 0 Å². The van der Waals surface area contributed by atoms with Crippen molar-refractivity contribution in [2.75, 3.05) is 14.7 Å². The fraction of sp³-hybridized carbons (Fsp3) is 0.455. The molecule has 2 atom stereocenters. The minimum absolute atomic E-state index is 0.00542. The van der Waals surface area contributed by atoms with Gasteiger partial charge in [0.2, 0.25) is 0 Å². The standard InChI is InChI=1S/C77H88BN3S/c1-69(2)30-32-71(5,6)54-38-46(25-27-52(54)69)79-62-44-58-57(74(11,12)35-36-75(58,13)14)43-60(62)78-66-63(79)40-48(81-61-24-19-18-22-49(61)51-23-20-21-29-77(51,81)17)41-64(66)80(47-26-28-53-55(39-47)72(7,8)33-31-70(53,3)4)67-50-42-56-59(45-65(50)82-68(67)78)76(15,16)37-34-73(56,9)10/h18-29,38-45,51H,30-37H2,1-17H3. The highest BCUT2D eigenvalue weighted by Crippen LogP contribution is 2.60. The van der Waals surface area contributed by atoms with Gasteiger partial charge in [0.05, 0.1) is 11.2 Å². The second-order valence-electron chi connectivity index (χ2n) is 32.5. The Morgan fingerprint density at radius 2 is 0.878 bits per heavy atom. The Morgan fingerprint density at radius 1 is 0.415 bits per heavy atom. The van der Waals surface area contributed by atoms with Crippen molar-refractivity contribution in [1.29, 1.82) is 0 Å². The Morgan fingerprint density at radius 3 is 1.44 bits per heavy atom. The van der Waals surface area contributed by atoms with Gasteiger partial charge in [-0.1, -0.05) is 171 Å². The first-order chi connectivity index (χ1) is 38.4. The quantitative estimate of drug-likeness (QED) is 0.163. The summed E-state index contributed by atoms with van der Waals surface area (Å²) in [4.78, 5) is 8.35. The molecule has 15 rings (SSSR count). The molecule has 4 heterocycles. The van der Waals surface area contributed by atoms with Crippen LogP contribution in [-0.2, 0) is 43.3 Å². The predicted molar refractivity (Wildman–Crippen MR) is 355 cm³/mol. The number of para-hydroxylation sites is 1. The molecule has 0 amide bonds. The molecule has 0 fully saturated rings. The summed E-state index contributed by atoms with van der Waals surface area (Å²) in [5, 5.41) is 1.40. The van der Waals surface area contributed by atoms with E-state index in [4.69, 9.17) is 0 Å². The summed E-state index contributed by atoms with van der Waals surface area (Å²) in [7, 11) is 0. The van der Waals surface area contributed by atoms with E-state index in [1.54, 1.807) is 0 Å². The molecular weight excluding hydrogens is 1010 g/mol. The average Bonchev–Trinajstić information content (AvgIpc) is 1.41. The first kappa shape index (κ1) is 53.0. The Labute approximate surface area is 496 Å². The number of nitrogens with zero attached hydrogens (tertiary/aromatic N) is 3. The van der Waals surface area contributed by atoms with E-state index in [1.807, 2.05) is 0 Å². The van der Waals surface area contributed by atoms with Gasteiger partial charge in [0.15, 0.2) is 0 Å². The molecule has 1 aromatic heterocycles. The Bertz CT molecular complexity index is 4010. The zero-order valence-corrected chi connectivity index (χ0v) is 53.4. The summed E-state index contributed by atoms with van der Waals surface area (Å²) < 4.78 is 2.90. The Kier molecular flexibility index (Phi) is 10.7. The molecule has 5 aliphatic carbocycles. The van der Waals surface area contributed by atoms with Crippen LogP contribution >= 0.6 is 11.3 Å². The van der Waals surface area contributed by atoms with Gasteiger partial charge >= 0.3 is 0 Å². The number of benzene rings is 6. The third kappa shape index (κ3) is 7.19. The van der Waals surface area contributed by atoms with Crippen molar-refractivity contribution < 1.29 is 0 Å². The van der Waals surface area contributed by atoms with Crippen LogP contribution in [0.2, 0.25) is 0 Å². The van der Waals surface area contributed by atoms with Gasteiger partial charge in [-0.15, -0.1) is 11.3 Å². The van der Waals surface area contributed by atoms with Crippen molar-refractivity contribution in [2.24, 2.45) is 0 Å². The summed E-state index contributed by atoms with van der Waals surface area (Å²) in [6, 6.07) is 41.0. The number of anilines is 8. The molecule has 3 nitrogen and oxygen atoms in total. The molecule has 7 aromatic rings. The van der Waals surface area contributed by atoms with Crippen LogP contribution in [0.4, 0.5) is 45.5 Å². The molecule has 3 aliphatic heterocycles. The van der Waals surface area contributed by atoms with Crippen LogP contribution in [0.1, 0.15) is 225 Å². The van der Waals surface area contributed by atoms with Crippen molar-refractivity contribution in [2.45, 2.75) is 224 Å². The fourth-order valence-corrected chi connectivity index (χ4v) is 19.0. The van der Waals surface area contributed by atoms with Gasteiger partial charge in [0.25, 0.3) is 6.71 Å². The minimum Gasteiger partial charge on any atom is -0.331 e. The number of fused-ring (bicyclic) bond motifs is 13. The molecule has 82 heavy (non-hydrogen) atoms. The highest BCUT2D eigenvalue weighted by Gasteiger charge is 2.53. The molecule has 0 radical (unpaired) electrons. The summed E-state index contributed by atoms with van der Waals surface area (Å²) in [6.45, 7) is 42.6. The SMILES string of the molecule is CC1(C)CCC(C)(C)c2cc(N3c4cc5c(cc4B4c6sc7cc8c(cc7c6N(c6ccc7c(c6)C(C)(C)CCC7(C)C)c6cc(N7c9ccccc9C9C=CC=CC97C)cc3c64)C(C)(C)CCC8(C)C)C(C)(C)CCC5(C)C)ccc21. The zero-order chi connectivity index (χ0) is 57.6. The lowest BCUT2D eigenvalue weighted by molar-refractivity contribution is 0.332. The van der Waals surface area contributed by atoms with Crippen molar-refractivity contribution in [3.8, 4) is 0 Å². The summed E-state index contributed by atoms with van der Waals surface area (Å²) in [6.07, 6.45) is 19.0. The first-order valence-electron chi connectivity index (χ1n) is 31.6. The fourth-order valence-electron chi connectivity index (χ4n) is 17.7. The minimum atomic E-state index is -0.328. The number of rotatable bonds is 3. The van der Waals surface area contributed by atoms with Crippen LogP contribution in [0.3, 0.4) is 0 Å². The Hall–Kier alpha value is -5.78. The highest BCUT2D eigenvalue weighted by atomic mass is 32.1. The average molecular weight is 1100 g/mol. The maximum atomic E-state index is 2.82. The van der Waals surface area contributed by atoms with Crippen molar-refractivity contribution in [3.63, 3.8) is 0 Å². The third-order valence-corrected chi connectivity index (χ3v) is 24.7. The molecule has 0 bridgehead atoms. The van der Waals surface area contributed by atoms with Crippen molar-refractivity contribution in [1.82, 2.24) is 0 Å². The lowest BCUT2D eigenvalue weighted by atomic mass is 9.35. The van der Waals surface area contributed by atoms with Crippen LogP contribution in [-0.4, -0.2) is 12.3 Å². The van der Waals surface area contributed by atoms with E-state index in [-0.39, 0.29) is 61.5 Å². The molecule has 0 saturated heterocycles. The first-order valence-corrected chi connectivity index (χ1v) is 32.4. The van der Waals surface area contributed by atoms with E-state index in [0.717, 1.165) is 0 Å². The number of allylic oxidation sites excluding steroid dienone is 2. The van der Waals surface area contributed by atoms with Gasteiger partial charge in [-0.2, -0.15) is 0 Å². The van der Waals surface area contributed by atoms with Crippen molar-refractivity contribution >= 4 is 89.3 Å². The molecule has 8 aliphatic rings. The largest absolute Gasteiger partial charge is 0.331 e. The van der Waals surface area contributed by atoms with Gasteiger partial charge in [-0.3, -0.25) is 0 Å². The second kappa shape index (κ2) is 16.6. The molecule has 2 unspecified atom stereocenters.